The summed E-state index contributed by atoms with van der Waals surface area (Å²) >= 11 is 1.59. The number of fused-ring (bicyclic) bond motifs is 1. The molecule has 2 aromatic heterocycles. The van der Waals surface area contributed by atoms with E-state index in [1.165, 1.54) is 18.5 Å². The third-order valence-corrected chi connectivity index (χ3v) is 5.04. The van der Waals surface area contributed by atoms with E-state index >= 15 is 0 Å². The van der Waals surface area contributed by atoms with E-state index in [0.717, 1.165) is 26.2 Å². The van der Waals surface area contributed by atoms with Gasteiger partial charge in [-0.25, -0.2) is 9.97 Å². The maximum absolute atomic E-state index is 10.7. The predicted molar refractivity (Wildman–Crippen MR) is 107 cm³/mol. The molecule has 0 amide bonds. The third kappa shape index (κ3) is 3.65. The molecule has 132 valence electrons. The fraction of sp³-hybridized carbons (Fsp3) is 0. The second kappa shape index (κ2) is 7.30. The van der Waals surface area contributed by atoms with Crippen LogP contribution in [0.15, 0.2) is 72.1 Å². The quantitative estimate of drug-likeness (QED) is 0.310. The van der Waals surface area contributed by atoms with E-state index in [4.69, 9.17) is 0 Å². The second-order valence-corrected chi connectivity index (χ2v) is 6.68. The third-order valence-electron chi connectivity index (χ3n) is 3.86. The number of nitro groups is 1. The maximum atomic E-state index is 10.7. The van der Waals surface area contributed by atoms with Crippen LogP contribution in [0.4, 0.5) is 11.5 Å². The first-order valence-electron chi connectivity index (χ1n) is 8.04. The lowest BCUT2D eigenvalue weighted by Crippen LogP contribution is -1.94. The van der Waals surface area contributed by atoms with Gasteiger partial charge in [-0.15, -0.1) is 11.3 Å². The summed E-state index contributed by atoms with van der Waals surface area (Å²) in [6.45, 7) is 0. The Morgan fingerprint density at radius 2 is 1.85 bits per heavy atom. The van der Waals surface area contributed by atoms with E-state index in [9.17, 15) is 10.1 Å². The lowest BCUT2D eigenvalue weighted by atomic mass is 10.2. The molecule has 0 aliphatic rings. The normalized spacial score (nSPS) is 11.1. The van der Waals surface area contributed by atoms with Crippen molar-refractivity contribution in [1.82, 2.24) is 9.97 Å². The molecule has 1 N–H and O–H groups in total. The van der Waals surface area contributed by atoms with Gasteiger partial charge in [0.1, 0.15) is 6.33 Å². The van der Waals surface area contributed by atoms with Crippen molar-refractivity contribution in [2.45, 2.75) is 0 Å². The fourth-order valence-corrected chi connectivity index (χ4v) is 3.58. The number of anilines is 1. The van der Waals surface area contributed by atoms with Crippen LogP contribution < -0.4 is 5.43 Å². The molecule has 0 saturated carbocycles. The molecule has 2 aromatic carbocycles. The van der Waals surface area contributed by atoms with Crippen LogP contribution >= 0.6 is 11.3 Å². The van der Waals surface area contributed by atoms with Crippen LogP contribution in [0.5, 0.6) is 0 Å². The Balaban J connectivity index is 1.57. The van der Waals surface area contributed by atoms with E-state index < -0.39 is 4.92 Å². The lowest BCUT2D eigenvalue weighted by Gasteiger charge is -2.00. The van der Waals surface area contributed by atoms with Crippen molar-refractivity contribution in [1.29, 1.82) is 0 Å². The number of hydrogen-bond acceptors (Lipinski definition) is 7. The molecule has 0 aliphatic carbocycles. The standard InChI is InChI=1S/C19H13N5O2S/c25-24(26)15-8-6-13(7-9-15)11-22-23-19-18-16(20-12-21-19)10-17(27-18)14-4-2-1-3-5-14/h1-12H,(H,20,21,23)/b22-11+. The molecule has 0 bridgehead atoms. The van der Waals surface area contributed by atoms with E-state index in [0.29, 0.717) is 5.82 Å². The topological polar surface area (TPSA) is 93.3 Å². The molecule has 4 rings (SSSR count). The monoisotopic (exact) mass is 375 g/mol. The lowest BCUT2D eigenvalue weighted by molar-refractivity contribution is -0.384. The summed E-state index contributed by atoms with van der Waals surface area (Å²) in [6.07, 6.45) is 3.08. The Labute approximate surface area is 158 Å². The average molecular weight is 375 g/mol. The average Bonchev–Trinajstić information content (AvgIpc) is 3.14. The van der Waals surface area contributed by atoms with E-state index in [-0.39, 0.29) is 5.69 Å². The van der Waals surface area contributed by atoms with Crippen LogP contribution in [-0.2, 0) is 0 Å². The van der Waals surface area contributed by atoms with Gasteiger partial charge < -0.3 is 0 Å². The molecule has 0 radical (unpaired) electrons. The molecule has 4 aromatic rings. The minimum absolute atomic E-state index is 0.0460. The van der Waals surface area contributed by atoms with E-state index in [2.05, 4.69) is 32.6 Å². The summed E-state index contributed by atoms with van der Waals surface area (Å²) in [5, 5.41) is 14.9. The van der Waals surface area contributed by atoms with Crippen molar-refractivity contribution in [3.05, 3.63) is 82.7 Å². The van der Waals surface area contributed by atoms with Gasteiger partial charge in [-0.2, -0.15) is 5.10 Å². The van der Waals surface area contributed by atoms with Crippen LogP contribution in [0.25, 0.3) is 20.7 Å². The highest BCUT2D eigenvalue weighted by molar-refractivity contribution is 7.22. The molecule has 0 atom stereocenters. The summed E-state index contributed by atoms with van der Waals surface area (Å²) in [6, 6.07) is 18.3. The summed E-state index contributed by atoms with van der Waals surface area (Å²) in [4.78, 5) is 20.0. The zero-order valence-electron chi connectivity index (χ0n) is 13.9. The number of non-ortho nitro benzene ring substituents is 1. The van der Waals surface area contributed by atoms with Crippen LogP contribution in [0.3, 0.4) is 0 Å². The molecule has 0 aliphatic heterocycles. The highest BCUT2D eigenvalue weighted by atomic mass is 32.1. The molecular weight excluding hydrogens is 362 g/mol. The molecule has 8 heteroatoms. The van der Waals surface area contributed by atoms with Gasteiger partial charge in [0.05, 0.1) is 21.4 Å². The number of thiophene rings is 1. The van der Waals surface area contributed by atoms with E-state index in [1.54, 1.807) is 29.7 Å². The van der Waals surface area contributed by atoms with Crippen LogP contribution in [-0.4, -0.2) is 21.1 Å². The van der Waals surface area contributed by atoms with Crippen LogP contribution in [0.1, 0.15) is 5.56 Å². The highest BCUT2D eigenvalue weighted by Crippen LogP contribution is 2.35. The Morgan fingerprint density at radius 1 is 1.07 bits per heavy atom. The Bertz CT molecular complexity index is 1120. The summed E-state index contributed by atoms with van der Waals surface area (Å²) < 4.78 is 0.914. The molecule has 27 heavy (non-hydrogen) atoms. The van der Waals surface area contributed by atoms with Crippen molar-refractivity contribution >= 4 is 39.3 Å². The summed E-state index contributed by atoms with van der Waals surface area (Å²) in [7, 11) is 0. The molecule has 0 saturated heterocycles. The van der Waals surface area contributed by atoms with Gasteiger partial charge in [0.25, 0.3) is 5.69 Å². The van der Waals surface area contributed by atoms with Crippen molar-refractivity contribution in [2.24, 2.45) is 5.10 Å². The predicted octanol–water partition coefficient (Wildman–Crippen LogP) is 4.71. The zero-order valence-corrected chi connectivity index (χ0v) is 14.8. The van der Waals surface area contributed by atoms with Gasteiger partial charge in [-0.1, -0.05) is 30.3 Å². The van der Waals surface area contributed by atoms with Gasteiger partial charge in [-0.05, 0) is 29.3 Å². The number of nitro benzene ring substituents is 1. The minimum atomic E-state index is -0.433. The molecule has 0 unspecified atom stereocenters. The van der Waals surface area contributed by atoms with Crippen molar-refractivity contribution < 1.29 is 4.92 Å². The van der Waals surface area contributed by atoms with E-state index in [1.807, 2.05) is 24.3 Å². The number of hydrazone groups is 1. The summed E-state index contributed by atoms with van der Waals surface area (Å²) in [5.41, 5.74) is 5.70. The Hall–Kier alpha value is -3.65. The number of nitrogens with one attached hydrogen (secondary N) is 1. The van der Waals surface area contributed by atoms with Gasteiger partial charge in [0, 0.05) is 17.0 Å². The van der Waals surface area contributed by atoms with Gasteiger partial charge in [0.2, 0.25) is 0 Å². The Kier molecular flexibility index (Phi) is 4.54. The first-order valence-corrected chi connectivity index (χ1v) is 8.86. The SMILES string of the molecule is O=[N+]([O-])c1ccc(/C=N/Nc2ncnc3cc(-c4ccccc4)sc23)cc1. The highest BCUT2D eigenvalue weighted by Gasteiger charge is 2.09. The number of benzene rings is 2. The number of rotatable bonds is 5. The molecule has 2 heterocycles. The summed E-state index contributed by atoms with van der Waals surface area (Å²) in [5.74, 6) is 0.616. The smallest absolute Gasteiger partial charge is 0.260 e. The van der Waals surface area contributed by atoms with Gasteiger partial charge >= 0.3 is 0 Å². The van der Waals surface area contributed by atoms with Crippen molar-refractivity contribution in [3.8, 4) is 10.4 Å². The fourth-order valence-electron chi connectivity index (χ4n) is 2.53. The maximum Gasteiger partial charge on any atom is 0.269 e. The molecule has 0 spiro atoms. The number of aromatic nitrogens is 2. The van der Waals surface area contributed by atoms with Gasteiger partial charge in [0.15, 0.2) is 5.82 Å². The van der Waals surface area contributed by atoms with Crippen LogP contribution in [0, 0.1) is 10.1 Å². The van der Waals surface area contributed by atoms with Gasteiger partial charge in [-0.3, -0.25) is 15.5 Å². The minimum Gasteiger partial charge on any atom is -0.260 e. The number of nitrogens with zero attached hydrogens (tertiary/aromatic N) is 4. The zero-order chi connectivity index (χ0) is 18.6. The second-order valence-electron chi connectivity index (χ2n) is 5.63. The molecular formula is C19H13N5O2S. The molecule has 0 fully saturated rings. The largest absolute Gasteiger partial charge is 0.269 e. The van der Waals surface area contributed by atoms with Crippen molar-refractivity contribution in [3.63, 3.8) is 0 Å². The van der Waals surface area contributed by atoms with Crippen molar-refractivity contribution in [2.75, 3.05) is 5.43 Å². The Morgan fingerprint density at radius 3 is 2.59 bits per heavy atom. The first kappa shape index (κ1) is 16.8. The first-order chi connectivity index (χ1) is 13.2. The van der Waals surface area contributed by atoms with Crippen LogP contribution in [0.2, 0.25) is 0 Å². The number of hydrogen-bond donors (Lipinski definition) is 1. The molecule has 7 nitrogen and oxygen atoms in total.